The molecular formula is C15H13ClF2O. The summed E-state index contributed by atoms with van der Waals surface area (Å²) in [5.74, 6) is -1.94. The van der Waals surface area contributed by atoms with Gasteiger partial charge in [-0.3, -0.25) is 0 Å². The van der Waals surface area contributed by atoms with Crippen LogP contribution in [0.5, 0.6) is 0 Å². The van der Waals surface area contributed by atoms with Crippen molar-refractivity contribution in [2.75, 3.05) is 0 Å². The number of halogens is 3. The van der Waals surface area contributed by atoms with Crippen LogP contribution < -0.4 is 0 Å². The molecule has 1 unspecified atom stereocenters. The maximum Gasteiger partial charge on any atom is 0.165 e. The van der Waals surface area contributed by atoms with Crippen molar-refractivity contribution < 1.29 is 13.9 Å². The molecule has 19 heavy (non-hydrogen) atoms. The minimum Gasteiger partial charge on any atom is -0.384 e. The summed E-state index contributed by atoms with van der Waals surface area (Å²) in [4.78, 5) is 0. The third-order valence-corrected chi connectivity index (χ3v) is 3.36. The molecule has 0 radical (unpaired) electrons. The van der Waals surface area contributed by atoms with Crippen LogP contribution in [0, 0.1) is 25.5 Å². The first-order valence-corrected chi connectivity index (χ1v) is 6.18. The molecule has 2 aromatic rings. The highest BCUT2D eigenvalue weighted by molar-refractivity contribution is 6.30. The van der Waals surface area contributed by atoms with Crippen molar-refractivity contribution in [1.82, 2.24) is 0 Å². The summed E-state index contributed by atoms with van der Waals surface area (Å²) >= 11 is 5.83. The van der Waals surface area contributed by atoms with E-state index in [2.05, 4.69) is 0 Å². The Labute approximate surface area is 115 Å². The van der Waals surface area contributed by atoms with E-state index in [-0.39, 0.29) is 11.1 Å². The Morgan fingerprint density at radius 2 is 1.58 bits per heavy atom. The minimum atomic E-state index is -1.22. The van der Waals surface area contributed by atoms with Crippen LogP contribution in [0.4, 0.5) is 8.78 Å². The van der Waals surface area contributed by atoms with E-state index in [1.54, 1.807) is 25.1 Å². The summed E-state index contributed by atoms with van der Waals surface area (Å²) < 4.78 is 27.4. The van der Waals surface area contributed by atoms with Crippen LogP contribution in [0.25, 0.3) is 0 Å². The van der Waals surface area contributed by atoms with Crippen molar-refractivity contribution >= 4 is 11.6 Å². The van der Waals surface area contributed by atoms with Gasteiger partial charge in [-0.25, -0.2) is 8.78 Å². The Morgan fingerprint density at radius 3 is 2.21 bits per heavy atom. The molecule has 4 heteroatoms. The monoisotopic (exact) mass is 282 g/mol. The van der Waals surface area contributed by atoms with Crippen molar-refractivity contribution in [2.24, 2.45) is 0 Å². The van der Waals surface area contributed by atoms with E-state index in [0.29, 0.717) is 10.6 Å². The third kappa shape index (κ3) is 2.62. The van der Waals surface area contributed by atoms with Gasteiger partial charge in [0.05, 0.1) is 0 Å². The molecule has 0 bridgehead atoms. The molecule has 0 spiro atoms. The summed E-state index contributed by atoms with van der Waals surface area (Å²) in [7, 11) is 0. The lowest BCUT2D eigenvalue weighted by Crippen LogP contribution is -2.06. The second-order valence-corrected chi connectivity index (χ2v) is 4.94. The number of hydrogen-bond donors (Lipinski definition) is 1. The lowest BCUT2D eigenvalue weighted by molar-refractivity contribution is 0.212. The smallest absolute Gasteiger partial charge is 0.165 e. The Bertz CT molecular complexity index is 626. The minimum absolute atomic E-state index is 0.0754. The van der Waals surface area contributed by atoms with E-state index in [4.69, 9.17) is 11.6 Å². The first-order chi connectivity index (χ1) is 8.91. The molecule has 0 aliphatic carbocycles. The Kier molecular flexibility index (Phi) is 3.88. The molecule has 0 saturated heterocycles. The van der Waals surface area contributed by atoms with Gasteiger partial charge >= 0.3 is 0 Å². The molecule has 2 aromatic carbocycles. The quantitative estimate of drug-likeness (QED) is 0.870. The zero-order valence-electron chi connectivity index (χ0n) is 10.5. The fourth-order valence-corrected chi connectivity index (χ4v) is 2.21. The number of aliphatic hydroxyl groups excluding tert-OH is 1. The zero-order chi connectivity index (χ0) is 14.2. The Morgan fingerprint density at radius 1 is 0.947 bits per heavy atom. The maximum atomic E-state index is 13.8. The molecule has 0 heterocycles. The van der Waals surface area contributed by atoms with Gasteiger partial charge in [-0.05, 0) is 42.7 Å². The van der Waals surface area contributed by atoms with Gasteiger partial charge < -0.3 is 5.11 Å². The molecular weight excluding hydrogens is 270 g/mol. The highest BCUT2D eigenvalue weighted by Crippen LogP contribution is 2.29. The molecule has 1 atom stereocenters. The van der Waals surface area contributed by atoms with Crippen LogP contribution in [-0.2, 0) is 0 Å². The SMILES string of the molecule is Cc1cc(Cl)ccc1C(O)c1ccc(C)c(F)c1F. The van der Waals surface area contributed by atoms with Crippen LogP contribution in [0.2, 0.25) is 5.02 Å². The Balaban J connectivity index is 2.50. The van der Waals surface area contributed by atoms with Crippen LogP contribution >= 0.6 is 11.6 Å². The van der Waals surface area contributed by atoms with Crippen molar-refractivity contribution in [3.8, 4) is 0 Å². The average molecular weight is 283 g/mol. The van der Waals surface area contributed by atoms with Crippen LogP contribution in [0.1, 0.15) is 28.4 Å². The van der Waals surface area contributed by atoms with Crippen LogP contribution in [-0.4, -0.2) is 5.11 Å². The van der Waals surface area contributed by atoms with E-state index in [1.807, 2.05) is 0 Å². The average Bonchev–Trinajstić information content (AvgIpc) is 2.35. The Hall–Kier alpha value is -1.45. The summed E-state index contributed by atoms with van der Waals surface area (Å²) in [6.07, 6.45) is -1.22. The molecule has 1 nitrogen and oxygen atoms in total. The topological polar surface area (TPSA) is 20.2 Å². The highest BCUT2D eigenvalue weighted by Gasteiger charge is 2.20. The van der Waals surface area contributed by atoms with Gasteiger partial charge in [-0.15, -0.1) is 0 Å². The van der Waals surface area contributed by atoms with Gasteiger partial charge in [-0.1, -0.05) is 29.8 Å². The second-order valence-electron chi connectivity index (χ2n) is 4.50. The van der Waals surface area contributed by atoms with Gasteiger partial charge in [0.2, 0.25) is 0 Å². The van der Waals surface area contributed by atoms with Gasteiger partial charge in [0, 0.05) is 10.6 Å². The largest absolute Gasteiger partial charge is 0.384 e. The predicted octanol–water partition coefficient (Wildman–Crippen LogP) is 4.32. The summed E-state index contributed by atoms with van der Waals surface area (Å²) in [6, 6.07) is 7.73. The zero-order valence-corrected chi connectivity index (χ0v) is 11.3. The molecule has 100 valence electrons. The number of rotatable bonds is 2. The maximum absolute atomic E-state index is 13.8. The van der Waals surface area contributed by atoms with Crippen molar-refractivity contribution in [3.05, 3.63) is 69.2 Å². The van der Waals surface area contributed by atoms with E-state index in [1.165, 1.54) is 19.1 Å². The van der Waals surface area contributed by atoms with E-state index >= 15 is 0 Å². The molecule has 0 aromatic heterocycles. The molecule has 0 saturated carbocycles. The van der Waals surface area contributed by atoms with E-state index in [0.717, 1.165) is 5.56 Å². The van der Waals surface area contributed by atoms with Crippen molar-refractivity contribution in [2.45, 2.75) is 20.0 Å². The summed E-state index contributed by atoms with van der Waals surface area (Å²) in [5.41, 5.74) is 1.36. The van der Waals surface area contributed by atoms with Gasteiger partial charge in [0.25, 0.3) is 0 Å². The summed E-state index contributed by atoms with van der Waals surface area (Å²) in [6.45, 7) is 3.23. The number of benzene rings is 2. The number of aryl methyl sites for hydroxylation is 2. The lowest BCUT2D eigenvalue weighted by atomic mass is 9.96. The molecule has 1 N–H and O–H groups in total. The van der Waals surface area contributed by atoms with Crippen LogP contribution in [0.3, 0.4) is 0 Å². The first kappa shape index (κ1) is 14.0. The lowest BCUT2D eigenvalue weighted by Gasteiger charge is -2.16. The van der Waals surface area contributed by atoms with Crippen molar-refractivity contribution in [1.29, 1.82) is 0 Å². The molecule has 2 rings (SSSR count). The van der Waals surface area contributed by atoms with Crippen LogP contribution in [0.15, 0.2) is 30.3 Å². The second kappa shape index (κ2) is 5.27. The van der Waals surface area contributed by atoms with Gasteiger partial charge in [0.15, 0.2) is 11.6 Å². The molecule has 0 amide bonds. The van der Waals surface area contributed by atoms with E-state index < -0.39 is 17.7 Å². The number of aliphatic hydroxyl groups is 1. The van der Waals surface area contributed by atoms with Gasteiger partial charge in [0.1, 0.15) is 6.10 Å². The molecule has 0 fully saturated rings. The fourth-order valence-electron chi connectivity index (χ4n) is 1.99. The first-order valence-electron chi connectivity index (χ1n) is 5.80. The van der Waals surface area contributed by atoms with Crippen molar-refractivity contribution in [3.63, 3.8) is 0 Å². The third-order valence-electron chi connectivity index (χ3n) is 3.13. The normalized spacial score (nSPS) is 12.5. The van der Waals surface area contributed by atoms with E-state index in [9.17, 15) is 13.9 Å². The molecule has 0 aliphatic rings. The van der Waals surface area contributed by atoms with Gasteiger partial charge in [-0.2, -0.15) is 0 Å². The highest BCUT2D eigenvalue weighted by atomic mass is 35.5. The predicted molar refractivity (Wildman–Crippen MR) is 71.3 cm³/mol. The molecule has 0 aliphatic heterocycles. The fraction of sp³-hybridized carbons (Fsp3) is 0.200. The summed E-state index contributed by atoms with van der Waals surface area (Å²) in [5, 5.41) is 10.7. The number of hydrogen-bond acceptors (Lipinski definition) is 1. The standard InChI is InChI=1S/C15H13ClF2O/c1-8-3-5-12(14(18)13(8)17)15(19)11-6-4-10(16)7-9(11)2/h3-7,15,19H,1-2H3.